The summed E-state index contributed by atoms with van der Waals surface area (Å²) in [5, 5.41) is 8.77. The van der Waals surface area contributed by atoms with Crippen LogP contribution >= 0.6 is 11.6 Å². The molecular formula is C15H20ClN3. The number of nitrogens with one attached hydrogen (secondary N) is 1. The molecule has 2 aromatic rings. The second kappa shape index (κ2) is 6.22. The summed E-state index contributed by atoms with van der Waals surface area (Å²) in [5.74, 6) is 0. The number of rotatable bonds is 5. The van der Waals surface area contributed by atoms with Crippen molar-refractivity contribution in [3.63, 3.8) is 0 Å². The Bertz CT molecular complexity index is 561. The molecule has 0 fully saturated rings. The maximum Gasteiger partial charge on any atom is 0.0677 e. The minimum atomic E-state index is 0.721. The Balaban J connectivity index is 2.24. The molecule has 0 amide bonds. The molecule has 0 aliphatic heterocycles. The summed E-state index contributed by atoms with van der Waals surface area (Å²) in [4.78, 5) is 0. The van der Waals surface area contributed by atoms with Gasteiger partial charge in [-0.1, -0.05) is 36.7 Å². The van der Waals surface area contributed by atoms with Crippen molar-refractivity contribution in [2.45, 2.75) is 33.9 Å². The molecule has 102 valence electrons. The van der Waals surface area contributed by atoms with Crippen LogP contribution in [-0.4, -0.2) is 16.3 Å². The average molecular weight is 278 g/mol. The van der Waals surface area contributed by atoms with Crippen LogP contribution in [0.3, 0.4) is 0 Å². The lowest BCUT2D eigenvalue weighted by atomic mass is 10.2. The smallest absolute Gasteiger partial charge is 0.0677 e. The van der Waals surface area contributed by atoms with Gasteiger partial charge < -0.3 is 5.32 Å². The summed E-state index contributed by atoms with van der Waals surface area (Å²) < 4.78 is 2.03. The number of halogens is 1. The molecular weight excluding hydrogens is 258 g/mol. The van der Waals surface area contributed by atoms with Crippen LogP contribution in [0, 0.1) is 13.8 Å². The lowest BCUT2D eigenvalue weighted by molar-refractivity contribution is 0.655. The molecule has 0 unspecified atom stereocenters. The molecule has 0 bridgehead atoms. The van der Waals surface area contributed by atoms with Crippen LogP contribution in [0.2, 0.25) is 5.02 Å². The SMILES string of the molecule is CCNCc1c(C)nn(Cc2ccccc2Cl)c1C. The van der Waals surface area contributed by atoms with E-state index in [0.717, 1.165) is 35.9 Å². The minimum absolute atomic E-state index is 0.721. The van der Waals surface area contributed by atoms with Gasteiger partial charge in [-0.15, -0.1) is 0 Å². The summed E-state index contributed by atoms with van der Waals surface area (Å²) in [6.45, 7) is 8.84. The van der Waals surface area contributed by atoms with Gasteiger partial charge in [-0.2, -0.15) is 5.10 Å². The van der Waals surface area contributed by atoms with Gasteiger partial charge in [-0.25, -0.2) is 0 Å². The van der Waals surface area contributed by atoms with E-state index in [1.807, 2.05) is 28.9 Å². The largest absolute Gasteiger partial charge is 0.313 e. The fourth-order valence-electron chi connectivity index (χ4n) is 2.18. The minimum Gasteiger partial charge on any atom is -0.313 e. The maximum atomic E-state index is 6.20. The van der Waals surface area contributed by atoms with Crippen molar-refractivity contribution in [1.29, 1.82) is 0 Å². The summed E-state index contributed by atoms with van der Waals surface area (Å²) >= 11 is 6.20. The molecule has 2 rings (SSSR count). The first kappa shape index (κ1) is 14.1. The molecule has 0 saturated heterocycles. The van der Waals surface area contributed by atoms with E-state index in [-0.39, 0.29) is 0 Å². The highest BCUT2D eigenvalue weighted by Gasteiger charge is 2.11. The van der Waals surface area contributed by atoms with E-state index in [1.54, 1.807) is 0 Å². The average Bonchev–Trinajstić information content (AvgIpc) is 2.65. The Kier molecular flexibility index (Phi) is 4.61. The number of aryl methyl sites for hydroxylation is 1. The van der Waals surface area contributed by atoms with E-state index in [9.17, 15) is 0 Å². The van der Waals surface area contributed by atoms with Crippen LogP contribution in [0.5, 0.6) is 0 Å². The highest BCUT2D eigenvalue weighted by atomic mass is 35.5. The van der Waals surface area contributed by atoms with E-state index >= 15 is 0 Å². The maximum absolute atomic E-state index is 6.20. The normalized spacial score (nSPS) is 10.9. The Morgan fingerprint density at radius 3 is 2.68 bits per heavy atom. The molecule has 1 aromatic carbocycles. The van der Waals surface area contributed by atoms with E-state index in [1.165, 1.54) is 11.3 Å². The van der Waals surface area contributed by atoms with Gasteiger partial charge in [0.15, 0.2) is 0 Å². The zero-order valence-corrected chi connectivity index (χ0v) is 12.5. The summed E-state index contributed by atoms with van der Waals surface area (Å²) in [5.41, 5.74) is 4.68. The molecule has 19 heavy (non-hydrogen) atoms. The monoisotopic (exact) mass is 277 g/mol. The summed E-state index contributed by atoms with van der Waals surface area (Å²) in [7, 11) is 0. The Labute approximate surface area is 119 Å². The van der Waals surface area contributed by atoms with Crippen LogP contribution in [0.1, 0.15) is 29.4 Å². The fourth-order valence-corrected chi connectivity index (χ4v) is 2.38. The van der Waals surface area contributed by atoms with Crippen LogP contribution < -0.4 is 5.32 Å². The van der Waals surface area contributed by atoms with Crippen molar-refractivity contribution >= 4 is 11.6 Å². The van der Waals surface area contributed by atoms with Gasteiger partial charge in [0.2, 0.25) is 0 Å². The highest BCUT2D eigenvalue weighted by Crippen LogP contribution is 2.19. The second-order valence-corrected chi connectivity index (χ2v) is 5.09. The van der Waals surface area contributed by atoms with E-state index in [2.05, 4.69) is 31.2 Å². The summed E-state index contributed by atoms with van der Waals surface area (Å²) in [6, 6.07) is 7.92. The molecule has 0 aliphatic rings. The van der Waals surface area contributed by atoms with E-state index < -0.39 is 0 Å². The quantitative estimate of drug-likeness (QED) is 0.909. The van der Waals surface area contributed by atoms with Gasteiger partial charge in [0.05, 0.1) is 12.2 Å². The van der Waals surface area contributed by atoms with Gasteiger partial charge in [-0.05, 0) is 32.0 Å². The first-order chi connectivity index (χ1) is 9.13. The van der Waals surface area contributed by atoms with Crippen LogP contribution in [0.4, 0.5) is 0 Å². The molecule has 1 heterocycles. The number of nitrogens with zero attached hydrogens (tertiary/aromatic N) is 2. The first-order valence-electron chi connectivity index (χ1n) is 6.60. The van der Waals surface area contributed by atoms with Crippen LogP contribution in [-0.2, 0) is 13.1 Å². The van der Waals surface area contributed by atoms with Gasteiger partial charge in [0.25, 0.3) is 0 Å². The standard InChI is InChI=1S/C15H20ClN3/c1-4-17-9-14-11(2)18-19(12(14)3)10-13-7-5-6-8-15(13)16/h5-8,17H,4,9-10H2,1-3H3. The number of aromatic nitrogens is 2. The van der Waals surface area contributed by atoms with Gasteiger partial charge in [-0.3, -0.25) is 4.68 Å². The third-order valence-corrected chi connectivity index (χ3v) is 3.73. The number of benzene rings is 1. The zero-order chi connectivity index (χ0) is 13.8. The zero-order valence-electron chi connectivity index (χ0n) is 11.7. The molecule has 4 heteroatoms. The van der Waals surface area contributed by atoms with Crippen molar-refractivity contribution in [3.05, 3.63) is 51.8 Å². The highest BCUT2D eigenvalue weighted by molar-refractivity contribution is 6.31. The molecule has 0 saturated carbocycles. The Hall–Kier alpha value is -1.32. The van der Waals surface area contributed by atoms with Crippen LogP contribution in [0.15, 0.2) is 24.3 Å². The molecule has 1 aromatic heterocycles. The fraction of sp³-hybridized carbons (Fsp3) is 0.400. The van der Waals surface area contributed by atoms with Gasteiger partial charge in [0.1, 0.15) is 0 Å². The lowest BCUT2D eigenvalue weighted by Gasteiger charge is -2.07. The molecule has 1 N–H and O–H groups in total. The van der Waals surface area contributed by atoms with E-state index in [0.29, 0.717) is 0 Å². The molecule has 0 atom stereocenters. The number of hydrogen-bond donors (Lipinski definition) is 1. The van der Waals surface area contributed by atoms with Crippen molar-refractivity contribution in [2.75, 3.05) is 6.54 Å². The predicted molar refractivity (Wildman–Crippen MR) is 79.6 cm³/mol. The van der Waals surface area contributed by atoms with Crippen molar-refractivity contribution < 1.29 is 0 Å². The van der Waals surface area contributed by atoms with Gasteiger partial charge in [0, 0.05) is 22.8 Å². The van der Waals surface area contributed by atoms with Crippen LogP contribution in [0.25, 0.3) is 0 Å². The van der Waals surface area contributed by atoms with Gasteiger partial charge >= 0.3 is 0 Å². The van der Waals surface area contributed by atoms with E-state index in [4.69, 9.17) is 11.6 Å². The topological polar surface area (TPSA) is 29.9 Å². The second-order valence-electron chi connectivity index (χ2n) is 4.68. The number of hydrogen-bond acceptors (Lipinski definition) is 2. The van der Waals surface area contributed by atoms with Crippen molar-refractivity contribution in [1.82, 2.24) is 15.1 Å². The Morgan fingerprint density at radius 2 is 2.00 bits per heavy atom. The first-order valence-corrected chi connectivity index (χ1v) is 6.98. The molecule has 0 aliphatic carbocycles. The third-order valence-electron chi connectivity index (χ3n) is 3.36. The Morgan fingerprint density at radius 1 is 1.26 bits per heavy atom. The lowest BCUT2D eigenvalue weighted by Crippen LogP contribution is -2.13. The van der Waals surface area contributed by atoms with Crippen molar-refractivity contribution in [2.24, 2.45) is 0 Å². The summed E-state index contributed by atoms with van der Waals surface area (Å²) in [6.07, 6.45) is 0. The van der Waals surface area contributed by atoms with Crippen molar-refractivity contribution in [3.8, 4) is 0 Å². The molecule has 0 spiro atoms. The molecule has 0 radical (unpaired) electrons. The third kappa shape index (κ3) is 3.17. The molecule has 3 nitrogen and oxygen atoms in total. The predicted octanol–water partition coefficient (Wildman–Crippen LogP) is 3.31.